The first-order chi connectivity index (χ1) is 10.1. The minimum Gasteiger partial charge on any atom is -0.493 e. The van der Waals surface area contributed by atoms with E-state index < -0.39 is 0 Å². The molecular weight excluding hydrogens is 268 g/mol. The number of fused-ring (bicyclic) bond motifs is 1. The molecule has 21 heavy (non-hydrogen) atoms. The number of benzene rings is 1. The summed E-state index contributed by atoms with van der Waals surface area (Å²) in [5.41, 5.74) is 0. The Kier molecular flexibility index (Phi) is 4.85. The molecule has 1 aromatic heterocycles. The highest BCUT2D eigenvalue weighted by Crippen LogP contribution is 2.34. The Labute approximate surface area is 124 Å². The summed E-state index contributed by atoms with van der Waals surface area (Å²) in [7, 11) is 3.22. The second-order valence-electron chi connectivity index (χ2n) is 5.27. The van der Waals surface area contributed by atoms with Crippen LogP contribution in [0.25, 0.3) is 10.8 Å². The van der Waals surface area contributed by atoms with Gasteiger partial charge in [0.1, 0.15) is 5.82 Å². The van der Waals surface area contributed by atoms with Crippen LogP contribution < -0.4 is 14.8 Å². The highest BCUT2D eigenvalue weighted by atomic mass is 16.5. The minimum atomic E-state index is -0.0452. The Morgan fingerprint density at radius 2 is 1.86 bits per heavy atom. The molecule has 0 saturated heterocycles. The van der Waals surface area contributed by atoms with E-state index in [1.807, 2.05) is 18.2 Å². The molecule has 5 nitrogen and oxygen atoms in total. The van der Waals surface area contributed by atoms with Gasteiger partial charge in [-0.25, -0.2) is 4.98 Å². The fourth-order valence-corrected chi connectivity index (χ4v) is 2.21. The molecule has 1 unspecified atom stereocenters. The summed E-state index contributed by atoms with van der Waals surface area (Å²) >= 11 is 0. The van der Waals surface area contributed by atoms with Crippen molar-refractivity contribution >= 4 is 16.6 Å². The number of methoxy groups -OCH3 is 2. The zero-order valence-corrected chi connectivity index (χ0v) is 12.9. The SMILES string of the molecule is COc1cc2ccnc(NC(CO)C(C)C)c2cc1OC. The molecule has 5 heteroatoms. The van der Waals surface area contributed by atoms with E-state index >= 15 is 0 Å². The first kappa shape index (κ1) is 15.4. The highest BCUT2D eigenvalue weighted by Gasteiger charge is 2.15. The standard InChI is InChI=1S/C16H22N2O3/c1-10(2)13(9-19)18-16-12-8-15(21-4)14(20-3)7-11(12)5-6-17-16/h5-8,10,13,19H,9H2,1-4H3,(H,17,18). The minimum absolute atomic E-state index is 0.0452. The van der Waals surface area contributed by atoms with Crippen LogP contribution in [0.4, 0.5) is 5.82 Å². The lowest BCUT2D eigenvalue weighted by Gasteiger charge is -2.21. The number of ether oxygens (including phenoxy) is 2. The van der Waals surface area contributed by atoms with Gasteiger partial charge in [0.05, 0.1) is 26.9 Å². The summed E-state index contributed by atoms with van der Waals surface area (Å²) in [6, 6.07) is 5.70. The molecule has 0 aliphatic carbocycles. The zero-order valence-electron chi connectivity index (χ0n) is 12.9. The van der Waals surface area contributed by atoms with Crippen LogP contribution in [0.5, 0.6) is 11.5 Å². The van der Waals surface area contributed by atoms with Crippen LogP contribution in [-0.2, 0) is 0 Å². The average molecular weight is 290 g/mol. The fourth-order valence-electron chi connectivity index (χ4n) is 2.21. The van der Waals surface area contributed by atoms with Crippen molar-refractivity contribution in [2.24, 2.45) is 5.92 Å². The van der Waals surface area contributed by atoms with Crippen LogP contribution >= 0.6 is 0 Å². The molecule has 0 amide bonds. The molecule has 0 aliphatic rings. The number of rotatable bonds is 6. The number of pyridine rings is 1. The van der Waals surface area contributed by atoms with Gasteiger partial charge >= 0.3 is 0 Å². The zero-order chi connectivity index (χ0) is 15.4. The molecule has 1 aromatic carbocycles. The van der Waals surface area contributed by atoms with Crippen molar-refractivity contribution < 1.29 is 14.6 Å². The summed E-state index contributed by atoms with van der Waals surface area (Å²) in [4.78, 5) is 4.39. The fraction of sp³-hybridized carbons (Fsp3) is 0.438. The lowest BCUT2D eigenvalue weighted by molar-refractivity contribution is 0.249. The van der Waals surface area contributed by atoms with Gasteiger partial charge < -0.3 is 19.9 Å². The van der Waals surface area contributed by atoms with E-state index in [-0.39, 0.29) is 12.6 Å². The van der Waals surface area contributed by atoms with Crippen LogP contribution in [0.15, 0.2) is 24.4 Å². The monoisotopic (exact) mass is 290 g/mol. The number of aromatic nitrogens is 1. The Balaban J connectivity index is 2.49. The molecule has 0 bridgehead atoms. The average Bonchev–Trinajstić information content (AvgIpc) is 2.50. The molecule has 0 saturated carbocycles. The topological polar surface area (TPSA) is 63.6 Å². The third-order valence-electron chi connectivity index (χ3n) is 3.59. The predicted molar refractivity (Wildman–Crippen MR) is 84.2 cm³/mol. The maximum atomic E-state index is 9.48. The van der Waals surface area contributed by atoms with Crippen molar-refractivity contribution in [1.82, 2.24) is 4.98 Å². The van der Waals surface area contributed by atoms with E-state index in [1.54, 1.807) is 20.4 Å². The van der Waals surface area contributed by atoms with Crippen molar-refractivity contribution in [1.29, 1.82) is 0 Å². The van der Waals surface area contributed by atoms with Crippen molar-refractivity contribution in [3.63, 3.8) is 0 Å². The smallest absolute Gasteiger partial charge is 0.161 e. The molecule has 1 heterocycles. The van der Waals surface area contributed by atoms with E-state index in [4.69, 9.17) is 9.47 Å². The molecule has 0 spiro atoms. The van der Waals surface area contributed by atoms with Crippen LogP contribution in [0.3, 0.4) is 0 Å². The lowest BCUT2D eigenvalue weighted by Crippen LogP contribution is -2.29. The second kappa shape index (κ2) is 6.63. The number of nitrogens with zero attached hydrogens (tertiary/aromatic N) is 1. The third kappa shape index (κ3) is 3.19. The summed E-state index contributed by atoms with van der Waals surface area (Å²) in [5.74, 6) is 2.38. The Hall–Kier alpha value is -2.01. The number of hydrogen-bond donors (Lipinski definition) is 2. The van der Waals surface area contributed by atoms with E-state index in [0.717, 1.165) is 16.6 Å². The van der Waals surface area contributed by atoms with Crippen molar-refractivity contribution in [2.45, 2.75) is 19.9 Å². The molecule has 2 N–H and O–H groups in total. The third-order valence-corrected chi connectivity index (χ3v) is 3.59. The van der Waals surface area contributed by atoms with Crippen molar-refractivity contribution in [3.8, 4) is 11.5 Å². The molecule has 0 radical (unpaired) electrons. The molecule has 114 valence electrons. The van der Waals surface area contributed by atoms with Crippen LogP contribution in [0.2, 0.25) is 0 Å². The Morgan fingerprint density at radius 1 is 1.19 bits per heavy atom. The summed E-state index contributed by atoms with van der Waals surface area (Å²) in [6.45, 7) is 4.17. The van der Waals surface area contributed by atoms with Gasteiger partial charge in [0, 0.05) is 11.6 Å². The largest absolute Gasteiger partial charge is 0.493 e. The number of anilines is 1. The number of hydrogen-bond acceptors (Lipinski definition) is 5. The molecule has 0 fully saturated rings. The summed E-state index contributed by atoms with van der Waals surface area (Å²) in [6.07, 6.45) is 1.74. The number of aliphatic hydroxyl groups excluding tert-OH is 1. The first-order valence-electron chi connectivity index (χ1n) is 6.98. The van der Waals surface area contributed by atoms with Crippen LogP contribution in [0.1, 0.15) is 13.8 Å². The van der Waals surface area contributed by atoms with Gasteiger partial charge in [-0.05, 0) is 29.5 Å². The van der Waals surface area contributed by atoms with Crippen molar-refractivity contribution in [2.75, 3.05) is 26.1 Å². The normalized spacial score (nSPS) is 12.5. The molecule has 1 atom stereocenters. The van der Waals surface area contributed by atoms with Gasteiger partial charge in [0.25, 0.3) is 0 Å². The van der Waals surface area contributed by atoms with Crippen LogP contribution in [-0.4, -0.2) is 37.0 Å². The van der Waals surface area contributed by atoms with Gasteiger partial charge in [-0.1, -0.05) is 13.8 Å². The van der Waals surface area contributed by atoms with Crippen molar-refractivity contribution in [3.05, 3.63) is 24.4 Å². The van der Waals surface area contributed by atoms with Gasteiger partial charge in [0.15, 0.2) is 11.5 Å². The number of nitrogens with one attached hydrogen (secondary N) is 1. The predicted octanol–water partition coefficient (Wildman–Crippen LogP) is 2.68. The maximum absolute atomic E-state index is 9.48. The van der Waals surface area contributed by atoms with Crippen LogP contribution in [0, 0.1) is 5.92 Å². The summed E-state index contributed by atoms with van der Waals surface area (Å²) in [5, 5.41) is 14.7. The first-order valence-corrected chi connectivity index (χ1v) is 6.98. The quantitative estimate of drug-likeness (QED) is 0.856. The van der Waals surface area contributed by atoms with Gasteiger partial charge in [0.2, 0.25) is 0 Å². The Morgan fingerprint density at radius 3 is 2.43 bits per heavy atom. The Bertz CT molecular complexity index is 614. The van der Waals surface area contributed by atoms with Gasteiger partial charge in [-0.3, -0.25) is 0 Å². The van der Waals surface area contributed by atoms with E-state index in [0.29, 0.717) is 17.4 Å². The van der Waals surface area contributed by atoms with E-state index in [1.165, 1.54) is 0 Å². The second-order valence-corrected chi connectivity index (χ2v) is 5.27. The molecular formula is C16H22N2O3. The number of aliphatic hydroxyl groups is 1. The van der Waals surface area contributed by atoms with E-state index in [9.17, 15) is 5.11 Å². The maximum Gasteiger partial charge on any atom is 0.161 e. The molecule has 2 rings (SSSR count). The summed E-state index contributed by atoms with van der Waals surface area (Å²) < 4.78 is 10.7. The van der Waals surface area contributed by atoms with Gasteiger partial charge in [-0.2, -0.15) is 0 Å². The molecule has 2 aromatic rings. The van der Waals surface area contributed by atoms with E-state index in [2.05, 4.69) is 24.1 Å². The molecule has 0 aliphatic heterocycles. The van der Waals surface area contributed by atoms with Gasteiger partial charge in [-0.15, -0.1) is 0 Å². The lowest BCUT2D eigenvalue weighted by atomic mass is 10.0. The highest BCUT2D eigenvalue weighted by molar-refractivity contribution is 5.94.